The van der Waals surface area contributed by atoms with Crippen LogP contribution in [0.15, 0.2) is 59.5 Å². The van der Waals surface area contributed by atoms with Gasteiger partial charge in [-0.1, -0.05) is 18.2 Å². The van der Waals surface area contributed by atoms with Crippen molar-refractivity contribution in [3.05, 3.63) is 65.7 Å². The molecule has 1 atom stereocenters. The average molecular weight is 446 g/mol. The molecule has 2 aromatic rings. The lowest BCUT2D eigenvalue weighted by Crippen LogP contribution is -2.41. The van der Waals surface area contributed by atoms with Gasteiger partial charge in [-0.05, 0) is 86.1 Å². The van der Waals surface area contributed by atoms with Crippen LogP contribution in [-0.4, -0.2) is 32.5 Å². The van der Waals surface area contributed by atoms with Crippen molar-refractivity contribution < 1.29 is 23.1 Å². The zero-order valence-electron chi connectivity index (χ0n) is 18.1. The van der Waals surface area contributed by atoms with Crippen LogP contribution >= 0.6 is 0 Å². The third-order valence-electron chi connectivity index (χ3n) is 5.81. The largest absolute Gasteiger partial charge is 0.497 e. The normalized spacial score (nSPS) is 16.2. The summed E-state index contributed by atoms with van der Waals surface area (Å²) in [5.41, 5.74) is 5.47. The Kier molecular flexibility index (Phi) is 7.75. The van der Waals surface area contributed by atoms with Crippen LogP contribution in [0.1, 0.15) is 36.8 Å². The van der Waals surface area contributed by atoms with Crippen molar-refractivity contribution in [1.82, 2.24) is 5.48 Å². The summed E-state index contributed by atoms with van der Waals surface area (Å²) >= 11 is 0. The first-order valence-corrected chi connectivity index (χ1v) is 12.1. The molecule has 0 bridgehead atoms. The number of ether oxygens (including phenoxy) is 2. The number of nitrogens with one attached hydrogen (secondary N) is 1. The van der Waals surface area contributed by atoms with Gasteiger partial charge in [-0.3, -0.25) is 0 Å². The summed E-state index contributed by atoms with van der Waals surface area (Å²) in [6, 6.07) is 11.8. The van der Waals surface area contributed by atoms with Crippen LogP contribution in [0, 0.1) is 12.8 Å². The third kappa shape index (κ3) is 6.32. The maximum atomic E-state index is 12.9. The number of hydrogen-bond donors (Lipinski definition) is 2. The van der Waals surface area contributed by atoms with Crippen LogP contribution in [0.2, 0.25) is 0 Å². The zero-order chi connectivity index (χ0) is 22.4. The second kappa shape index (κ2) is 10.3. The Hall–Kier alpha value is -2.35. The van der Waals surface area contributed by atoms with Gasteiger partial charge in [0.2, 0.25) is 0 Å². The fourth-order valence-electron chi connectivity index (χ4n) is 4.00. The standard InChI is InChI=1S/C24H31NO5S/c1-17-4-6-20(7-5-17)24(25-26)16-31(27,28)23-10-8-21(9-11-23)30-15-19-12-18(2)13-22(14-19)29-3/h8-14,20,24-26H,1,4-7,15-16H2,2-3H3. The molecule has 7 heteroatoms. The molecule has 0 spiro atoms. The van der Waals surface area contributed by atoms with Gasteiger partial charge in [-0.15, -0.1) is 0 Å². The Labute approximate surface area is 184 Å². The van der Waals surface area contributed by atoms with Crippen LogP contribution in [0.4, 0.5) is 0 Å². The van der Waals surface area contributed by atoms with Crippen LogP contribution in [0.3, 0.4) is 0 Å². The lowest BCUT2D eigenvalue weighted by Gasteiger charge is -2.30. The minimum absolute atomic E-state index is 0.110. The van der Waals surface area contributed by atoms with E-state index in [2.05, 4.69) is 12.1 Å². The number of methoxy groups -OCH3 is 1. The summed E-state index contributed by atoms with van der Waals surface area (Å²) in [4.78, 5) is 0.220. The van der Waals surface area contributed by atoms with Crippen molar-refractivity contribution >= 4 is 9.84 Å². The SMILES string of the molecule is C=C1CCC(C(CS(=O)(=O)c2ccc(OCc3cc(C)cc(OC)c3)cc2)NO)CC1. The molecule has 2 aromatic carbocycles. The lowest BCUT2D eigenvalue weighted by atomic mass is 9.83. The van der Waals surface area contributed by atoms with Gasteiger partial charge in [0.25, 0.3) is 0 Å². The molecule has 0 heterocycles. The topological polar surface area (TPSA) is 84.9 Å². The van der Waals surface area contributed by atoms with Gasteiger partial charge in [0.05, 0.1) is 17.8 Å². The second-order valence-electron chi connectivity index (χ2n) is 8.22. The summed E-state index contributed by atoms with van der Waals surface area (Å²) in [7, 11) is -1.92. The summed E-state index contributed by atoms with van der Waals surface area (Å²) in [6.45, 7) is 6.34. The van der Waals surface area contributed by atoms with E-state index in [1.807, 2.05) is 25.1 Å². The van der Waals surface area contributed by atoms with Crippen molar-refractivity contribution in [3.8, 4) is 11.5 Å². The summed E-state index contributed by atoms with van der Waals surface area (Å²) in [5.74, 6) is 1.32. The molecule has 6 nitrogen and oxygen atoms in total. The van der Waals surface area contributed by atoms with Gasteiger partial charge >= 0.3 is 0 Å². The molecule has 1 aliphatic carbocycles. The average Bonchev–Trinajstić information content (AvgIpc) is 2.76. The van der Waals surface area contributed by atoms with Crippen molar-refractivity contribution in [2.75, 3.05) is 12.9 Å². The van der Waals surface area contributed by atoms with Crippen molar-refractivity contribution in [2.45, 2.75) is 50.2 Å². The zero-order valence-corrected chi connectivity index (χ0v) is 19.0. The summed E-state index contributed by atoms with van der Waals surface area (Å²) in [5, 5.41) is 9.57. The fourth-order valence-corrected chi connectivity index (χ4v) is 5.56. The van der Waals surface area contributed by atoms with E-state index in [0.717, 1.165) is 42.6 Å². The molecular weight excluding hydrogens is 414 g/mol. The van der Waals surface area contributed by atoms with Gasteiger partial charge in [-0.2, -0.15) is 0 Å². The van der Waals surface area contributed by atoms with Crippen LogP contribution in [0.25, 0.3) is 0 Å². The minimum Gasteiger partial charge on any atom is -0.497 e. The quantitative estimate of drug-likeness (QED) is 0.438. The highest BCUT2D eigenvalue weighted by molar-refractivity contribution is 7.91. The van der Waals surface area contributed by atoms with E-state index < -0.39 is 15.9 Å². The van der Waals surface area contributed by atoms with E-state index in [9.17, 15) is 13.6 Å². The van der Waals surface area contributed by atoms with Crippen molar-refractivity contribution in [2.24, 2.45) is 5.92 Å². The van der Waals surface area contributed by atoms with Gasteiger partial charge in [0, 0.05) is 6.04 Å². The number of hydroxylamine groups is 1. The summed E-state index contributed by atoms with van der Waals surface area (Å²) in [6.07, 6.45) is 3.43. The molecule has 1 aliphatic rings. The highest BCUT2D eigenvalue weighted by Gasteiger charge is 2.29. The van der Waals surface area contributed by atoms with Crippen molar-refractivity contribution in [1.29, 1.82) is 0 Å². The van der Waals surface area contributed by atoms with Crippen LogP contribution < -0.4 is 15.0 Å². The first-order valence-electron chi connectivity index (χ1n) is 10.5. The molecule has 0 aromatic heterocycles. The third-order valence-corrected chi connectivity index (χ3v) is 7.59. The van der Waals surface area contributed by atoms with E-state index in [1.54, 1.807) is 31.4 Å². The Morgan fingerprint density at radius 2 is 1.81 bits per heavy atom. The monoisotopic (exact) mass is 445 g/mol. The van der Waals surface area contributed by atoms with E-state index >= 15 is 0 Å². The Morgan fingerprint density at radius 1 is 1.13 bits per heavy atom. The molecule has 0 radical (unpaired) electrons. The highest BCUT2D eigenvalue weighted by Crippen LogP contribution is 2.30. The molecule has 168 valence electrons. The molecule has 0 amide bonds. The maximum absolute atomic E-state index is 12.9. The first kappa shape index (κ1) is 23.3. The van der Waals surface area contributed by atoms with E-state index in [0.29, 0.717) is 12.4 Å². The molecule has 0 aliphatic heterocycles. The van der Waals surface area contributed by atoms with E-state index in [1.165, 1.54) is 5.57 Å². The highest BCUT2D eigenvalue weighted by atomic mass is 32.2. The molecule has 1 saturated carbocycles. The maximum Gasteiger partial charge on any atom is 0.180 e. The van der Waals surface area contributed by atoms with Crippen LogP contribution in [0.5, 0.6) is 11.5 Å². The van der Waals surface area contributed by atoms with E-state index in [4.69, 9.17) is 9.47 Å². The van der Waals surface area contributed by atoms with Gasteiger partial charge in [-0.25, -0.2) is 13.9 Å². The second-order valence-corrected chi connectivity index (χ2v) is 10.3. The molecule has 3 rings (SSSR count). The minimum atomic E-state index is -3.55. The van der Waals surface area contributed by atoms with Crippen LogP contribution in [-0.2, 0) is 16.4 Å². The first-order chi connectivity index (χ1) is 14.8. The number of hydrogen-bond acceptors (Lipinski definition) is 6. The molecule has 1 unspecified atom stereocenters. The number of rotatable bonds is 9. The molecule has 2 N–H and O–H groups in total. The smallest absolute Gasteiger partial charge is 0.180 e. The van der Waals surface area contributed by atoms with Gasteiger partial charge < -0.3 is 14.7 Å². The summed E-state index contributed by atoms with van der Waals surface area (Å²) < 4.78 is 36.9. The molecule has 0 saturated heterocycles. The fraction of sp³-hybridized carbons (Fsp3) is 0.417. The Balaban J connectivity index is 1.62. The molecule has 1 fully saturated rings. The predicted octanol–water partition coefficient (Wildman–Crippen LogP) is 4.45. The van der Waals surface area contributed by atoms with E-state index in [-0.39, 0.29) is 16.6 Å². The number of sulfone groups is 1. The predicted molar refractivity (Wildman–Crippen MR) is 120 cm³/mol. The van der Waals surface area contributed by atoms with Crippen molar-refractivity contribution in [3.63, 3.8) is 0 Å². The van der Waals surface area contributed by atoms with Gasteiger partial charge in [0.15, 0.2) is 9.84 Å². The Morgan fingerprint density at radius 3 is 2.42 bits per heavy atom. The molecule has 31 heavy (non-hydrogen) atoms. The molecular formula is C24H31NO5S. The number of benzene rings is 2. The van der Waals surface area contributed by atoms with Gasteiger partial charge in [0.1, 0.15) is 18.1 Å². The number of aryl methyl sites for hydroxylation is 1. The Bertz CT molecular complexity index is 991. The number of allylic oxidation sites excluding steroid dienone is 1. The lowest BCUT2D eigenvalue weighted by molar-refractivity contribution is 0.0980.